The van der Waals surface area contributed by atoms with Gasteiger partial charge in [-0.25, -0.2) is 4.79 Å². The second kappa shape index (κ2) is 6.36. The van der Waals surface area contributed by atoms with Crippen LogP contribution in [0.1, 0.15) is 12.8 Å². The van der Waals surface area contributed by atoms with E-state index in [0.717, 1.165) is 0 Å². The van der Waals surface area contributed by atoms with E-state index in [1.807, 2.05) is 6.07 Å². The summed E-state index contributed by atoms with van der Waals surface area (Å²) < 4.78 is 0. The summed E-state index contributed by atoms with van der Waals surface area (Å²) in [6, 6.07) is 3.61. The fourth-order valence-corrected chi connectivity index (χ4v) is 2.30. The molecule has 20 heavy (non-hydrogen) atoms. The van der Waals surface area contributed by atoms with Crippen LogP contribution in [0.4, 0.5) is 10.5 Å². The molecule has 0 bridgehead atoms. The Kier molecular flexibility index (Phi) is 4.55. The molecule has 2 heterocycles. The van der Waals surface area contributed by atoms with Crippen molar-refractivity contribution in [2.45, 2.75) is 12.8 Å². The van der Waals surface area contributed by atoms with Gasteiger partial charge in [-0.15, -0.1) is 0 Å². The number of urea groups is 1. The van der Waals surface area contributed by atoms with E-state index in [4.69, 9.17) is 0 Å². The number of amides is 3. The molecule has 1 aliphatic rings. The Morgan fingerprint density at radius 3 is 2.60 bits per heavy atom. The molecule has 6 nitrogen and oxygen atoms in total. The quantitative estimate of drug-likeness (QED) is 0.888. The van der Waals surface area contributed by atoms with E-state index < -0.39 is 0 Å². The Labute approximate surface area is 118 Å². The van der Waals surface area contributed by atoms with Gasteiger partial charge in [0.25, 0.3) is 0 Å². The summed E-state index contributed by atoms with van der Waals surface area (Å²) in [6.45, 7) is 1.25. The molecule has 1 aromatic rings. The Hall–Kier alpha value is -2.11. The number of anilines is 1. The molecule has 0 atom stereocenters. The van der Waals surface area contributed by atoms with E-state index >= 15 is 0 Å². The fourth-order valence-electron chi connectivity index (χ4n) is 2.30. The zero-order chi connectivity index (χ0) is 14.5. The highest BCUT2D eigenvalue weighted by molar-refractivity contribution is 5.92. The van der Waals surface area contributed by atoms with Gasteiger partial charge in [0.15, 0.2) is 0 Å². The molecule has 3 amide bonds. The number of pyridine rings is 1. The number of carbonyl (C=O) groups excluding carboxylic acids is 2. The third kappa shape index (κ3) is 3.46. The lowest BCUT2D eigenvalue weighted by atomic mass is 9.96. The third-order valence-corrected chi connectivity index (χ3v) is 3.45. The van der Waals surface area contributed by atoms with Gasteiger partial charge in [0.05, 0.1) is 11.9 Å². The standard InChI is InChI=1S/C14H20N4O2/c1-17(2)14(20)18-8-5-11(6-9-18)13(19)16-12-4-3-7-15-10-12/h3-4,7,10-11H,5-6,8-9H2,1-2H3,(H,16,19). The largest absolute Gasteiger partial charge is 0.331 e. The molecule has 0 aromatic carbocycles. The van der Waals surface area contributed by atoms with Gasteiger partial charge in [0.1, 0.15) is 0 Å². The number of nitrogens with one attached hydrogen (secondary N) is 1. The van der Waals surface area contributed by atoms with Crippen LogP contribution >= 0.6 is 0 Å². The number of likely N-dealkylation sites (tertiary alicyclic amines) is 1. The van der Waals surface area contributed by atoms with E-state index in [0.29, 0.717) is 31.6 Å². The van der Waals surface area contributed by atoms with Crippen LogP contribution in [0.5, 0.6) is 0 Å². The molecule has 2 rings (SSSR count). The van der Waals surface area contributed by atoms with Crippen LogP contribution in [0.3, 0.4) is 0 Å². The van der Waals surface area contributed by atoms with Crippen LogP contribution in [0.15, 0.2) is 24.5 Å². The molecule has 0 radical (unpaired) electrons. The molecule has 1 saturated heterocycles. The topological polar surface area (TPSA) is 65.5 Å². The number of hydrogen-bond donors (Lipinski definition) is 1. The lowest BCUT2D eigenvalue weighted by molar-refractivity contribution is -0.121. The maximum atomic E-state index is 12.1. The first-order chi connectivity index (χ1) is 9.58. The first kappa shape index (κ1) is 14.3. The molecule has 0 spiro atoms. The van der Waals surface area contributed by atoms with Crippen LogP contribution in [0.2, 0.25) is 0 Å². The third-order valence-electron chi connectivity index (χ3n) is 3.45. The van der Waals surface area contributed by atoms with Gasteiger partial charge in [-0.1, -0.05) is 0 Å². The van der Waals surface area contributed by atoms with Gasteiger partial charge in [-0.3, -0.25) is 9.78 Å². The smallest absolute Gasteiger partial charge is 0.319 e. The highest BCUT2D eigenvalue weighted by Gasteiger charge is 2.27. The lowest BCUT2D eigenvalue weighted by Crippen LogP contribution is -2.45. The van der Waals surface area contributed by atoms with Crippen molar-refractivity contribution < 1.29 is 9.59 Å². The van der Waals surface area contributed by atoms with Crippen molar-refractivity contribution in [2.24, 2.45) is 5.92 Å². The maximum absolute atomic E-state index is 12.1. The van der Waals surface area contributed by atoms with Crippen LogP contribution in [-0.4, -0.2) is 53.9 Å². The zero-order valence-corrected chi connectivity index (χ0v) is 11.9. The highest BCUT2D eigenvalue weighted by atomic mass is 16.2. The molecular weight excluding hydrogens is 256 g/mol. The molecule has 6 heteroatoms. The Bertz CT molecular complexity index is 467. The van der Waals surface area contributed by atoms with Gasteiger partial charge >= 0.3 is 6.03 Å². The van der Waals surface area contributed by atoms with Crippen molar-refractivity contribution in [1.82, 2.24) is 14.8 Å². The molecule has 0 aliphatic carbocycles. The minimum absolute atomic E-state index is 0.00921. The van der Waals surface area contributed by atoms with Gasteiger partial charge < -0.3 is 15.1 Å². The van der Waals surface area contributed by atoms with Crippen LogP contribution < -0.4 is 5.32 Å². The number of aromatic nitrogens is 1. The van der Waals surface area contributed by atoms with Crippen LogP contribution in [-0.2, 0) is 4.79 Å². The van der Waals surface area contributed by atoms with Crippen molar-refractivity contribution in [2.75, 3.05) is 32.5 Å². The van der Waals surface area contributed by atoms with E-state index in [1.165, 1.54) is 0 Å². The Morgan fingerprint density at radius 1 is 1.35 bits per heavy atom. The van der Waals surface area contributed by atoms with Crippen molar-refractivity contribution in [3.05, 3.63) is 24.5 Å². The SMILES string of the molecule is CN(C)C(=O)N1CCC(C(=O)Nc2cccnc2)CC1. The van der Waals surface area contributed by atoms with Gasteiger partial charge in [0.2, 0.25) is 5.91 Å². The van der Waals surface area contributed by atoms with E-state index in [1.54, 1.807) is 42.4 Å². The second-order valence-electron chi connectivity index (χ2n) is 5.17. The predicted molar refractivity (Wildman–Crippen MR) is 76.2 cm³/mol. The average molecular weight is 276 g/mol. The van der Waals surface area contributed by atoms with Crippen molar-refractivity contribution in [3.8, 4) is 0 Å². The zero-order valence-electron chi connectivity index (χ0n) is 11.9. The molecule has 1 fully saturated rings. The first-order valence-electron chi connectivity index (χ1n) is 6.75. The van der Waals surface area contributed by atoms with Crippen LogP contribution in [0, 0.1) is 5.92 Å². The van der Waals surface area contributed by atoms with Crippen molar-refractivity contribution in [3.63, 3.8) is 0 Å². The predicted octanol–water partition coefficient (Wildman–Crippen LogP) is 1.41. The summed E-state index contributed by atoms with van der Waals surface area (Å²) in [6.07, 6.45) is 4.70. The number of piperidine rings is 1. The van der Waals surface area contributed by atoms with E-state index in [2.05, 4.69) is 10.3 Å². The van der Waals surface area contributed by atoms with E-state index in [9.17, 15) is 9.59 Å². The highest BCUT2D eigenvalue weighted by Crippen LogP contribution is 2.19. The number of carbonyl (C=O) groups is 2. The summed E-state index contributed by atoms with van der Waals surface area (Å²) in [5, 5.41) is 2.86. The van der Waals surface area contributed by atoms with E-state index in [-0.39, 0.29) is 17.9 Å². The number of rotatable bonds is 2. The summed E-state index contributed by atoms with van der Waals surface area (Å²) in [4.78, 5) is 31.2. The normalized spacial score (nSPS) is 15.8. The summed E-state index contributed by atoms with van der Waals surface area (Å²) in [5.74, 6) is -0.0311. The molecule has 1 aromatic heterocycles. The molecule has 1 aliphatic heterocycles. The summed E-state index contributed by atoms with van der Waals surface area (Å²) >= 11 is 0. The minimum Gasteiger partial charge on any atom is -0.331 e. The monoisotopic (exact) mass is 276 g/mol. The molecular formula is C14H20N4O2. The minimum atomic E-state index is -0.0404. The second-order valence-corrected chi connectivity index (χ2v) is 5.17. The molecule has 108 valence electrons. The fraction of sp³-hybridized carbons (Fsp3) is 0.500. The maximum Gasteiger partial charge on any atom is 0.319 e. The Balaban J connectivity index is 1.84. The van der Waals surface area contributed by atoms with Crippen molar-refractivity contribution >= 4 is 17.6 Å². The molecule has 1 N–H and O–H groups in total. The summed E-state index contributed by atoms with van der Waals surface area (Å²) in [5.41, 5.74) is 0.712. The van der Waals surface area contributed by atoms with Gasteiger partial charge in [0, 0.05) is 39.3 Å². The first-order valence-corrected chi connectivity index (χ1v) is 6.75. The van der Waals surface area contributed by atoms with Crippen molar-refractivity contribution in [1.29, 1.82) is 0 Å². The van der Waals surface area contributed by atoms with Gasteiger partial charge in [-0.2, -0.15) is 0 Å². The molecule has 0 unspecified atom stereocenters. The average Bonchev–Trinajstić information content (AvgIpc) is 2.47. The summed E-state index contributed by atoms with van der Waals surface area (Å²) in [7, 11) is 3.48. The molecule has 0 saturated carbocycles. The number of nitrogens with zero attached hydrogens (tertiary/aromatic N) is 3. The number of hydrogen-bond acceptors (Lipinski definition) is 3. The van der Waals surface area contributed by atoms with Gasteiger partial charge in [-0.05, 0) is 25.0 Å². The lowest BCUT2D eigenvalue weighted by Gasteiger charge is -2.33. The van der Waals surface area contributed by atoms with Crippen LogP contribution in [0.25, 0.3) is 0 Å². The Morgan fingerprint density at radius 2 is 2.05 bits per heavy atom.